The number of para-hydroxylation sites is 2. The Hall–Kier alpha value is -2.26. The predicted molar refractivity (Wildman–Crippen MR) is 100 cm³/mol. The van der Waals surface area contributed by atoms with Crippen LogP contribution < -0.4 is 4.74 Å². The topological polar surface area (TPSA) is 63.0 Å². The zero-order chi connectivity index (χ0) is 20.3. The normalized spacial score (nSPS) is 13.1. The lowest BCUT2D eigenvalue weighted by atomic mass is 10.2. The van der Waals surface area contributed by atoms with Crippen LogP contribution >= 0.6 is 0 Å². The number of fused-ring (bicyclic) bond motifs is 1. The summed E-state index contributed by atoms with van der Waals surface area (Å²) >= 11 is -1.54. The van der Waals surface area contributed by atoms with Gasteiger partial charge in [-0.1, -0.05) is 19.1 Å². The first-order chi connectivity index (χ1) is 13.3. The molecule has 0 N–H and O–H groups in total. The lowest BCUT2D eigenvalue weighted by Crippen LogP contribution is -2.20. The van der Waals surface area contributed by atoms with E-state index in [2.05, 4.69) is 9.97 Å². The van der Waals surface area contributed by atoms with Crippen molar-refractivity contribution in [2.24, 2.45) is 0 Å². The maximum Gasteiger partial charge on any atom is 0.422 e. The minimum atomic E-state index is -4.43. The molecule has 0 aliphatic rings. The summed E-state index contributed by atoms with van der Waals surface area (Å²) in [5.41, 5.74) is 2.41. The lowest BCUT2D eigenvalue weighted by Gasteiger charge is -2.15. The Kier molecular flexibility index (Phi) is 6.14. The molecule has 9 heteroatoms. The van der Waals surface area contributed by atoms with Crippen molar-refractivity contribution in [1.29, 1.82) is 0 Å². The van der Waals surface area contributed by atoms with E-state index < -0.39 is 24.0 Å². The zero-order valence-corrected chi connectivity index (χ0v) is 16.2. The van der Waals surface area contributed by atoms with Gasteiger partial charge in [-0.25, -0.2) is 0 Å². The Morgan fingerprint density at radius 1 is 1.25 bits per heavy atom. The summed E-state index contributed by atoms with van der Waals surface area (Å²) in [6.07, 6.45) is -2.35. The Morgan fingerprint density at radius 2 is 2.00 bits per heavy atom. The molecule has 0 saturated carbocycles. The summed E-state index contributed by atoms with van der Waals surface area (Å²) in [6, 6.07) is 8.83. The maximum atomic E-state index is 13.0. The second-order valence-corrected chi connectivity index (χ2v) is 7.46. The van der Waals surface area contributed by atoms with E-state index in [1.807, 2.05) is 37.7 Å². The molecule has 1 unspecified atom stereocenters. The Balaban J connectivity index is 1.86. The van der Waals surface area contributed by atoms with Crippen LogP contribution in [0.5, 0.6) is 5.75 Å². The van der Waals surface area contributed by atoms with Crippen LogP contribution in [0.25, 0.3) is 11.0 Å². The highest BCUT2D eigenvalue weighted by atomic mass is 32.2. The molecule has 3 aromatic rings. The molecule has 1 radical (unpaired) electrons. The van der Waals surface area contributed by atoms with E-state index in [-0.39, 0.29) is 11.5 Å². The molecule has 2 aromatic heterocycles. The van der Waals surface area contributed by atoms with Gasteiger partial charge in [0.15, 0.2) is 12.4 Å². The predicted octanol–water partition coefficient (Wildman–Crippen LogP) is 4.41. The summed E-state index contributed by atoms with van der Waals surface area (Å²) in [6.45, 7) is 4.08. The van der Waals surface area contributed by atoms with Crippen molar-refractivity contribution < 1.29 is 22.5 Å². The van der Waals surface area contributed by atoms with Crippen LogP contribution in [0.2, 0.25) is 0 Å². The fourth-order valence-electron chi connectivity index (χ4n) is 2.75. The molecule has 0 bridgehead atoms. The number of aromatic nitrogens is 3. The molecule has 149 valence electrons. The van der Waals surface area contributed by atoms with Gasteiger partial charge in [-0.3, -0.25) is 9.55 Å². The molecule has 0 aliphatic heterocycles. The lowest BCUT2D eigenvalue weighted by molar-refractivity contribution is -0.153. The van der Waals surface area contributed by atoms with Crippen molar-refractivity contribution >= 4 is 22.2 Å². The summed E-state index contributed by atoms with van der Waals surface area (Å²) in [4.78, 5) is 8.65. The molecule has 0 aliphatic carbocycles. The van der Waals surface area contributed by atoms with Crippen LogP contribution in [0.3, 0.4) is 0 Å². The number of ether oxygens (including phenoxy) is 1. The third kappa shape index (κ3) is 4.59. The van der Waals surface area contributed by atoms with E-state index in [0.29, 0.717) is 16.4 Å². The Labute approximate surface area is 163 Å². The number of alkyl halides is 3. The van der Waals surface area contributed by atoms with Crippen LogP contribution in [0.4, 0.5) is 13.2 Å². The van der Waals surface area contributed by atoms with E-state index in [1.54, 1.807) is 11.5 Å². The van der Waals surface area contributed by atoms with E-state index in [0.717, 1.165) is 17.5 Å². The van der Waals surface area contributed by atoms with Gasteiger partial charge in [-0.05, 0) is 31.5 Å². The molecule has 5 nitrogen and oxygen atoms in total. The highest BCUT2D eigenvalue weighted by Crippen LogP contribution is 2.27. The largest absolute Gasteiger partial charge is 0.609 e. The molecule has 0 amide bonds. The molecule has 0 saturated heterocycles. The number of pyridine rings is 1. The van der Waals surface area contributed by atoms with Crippen molar-refractivity contribution in [1.82, 2.24) is 14.5 Å². The van der Waals surface area contributed by atoms with Gasteiger partial charge in [-0.15, -0.1) is 0 Å². The average Bonchev–Trinajstić information content (AvgIpc) is 3.01. The van der Waals surface area contributed by atoms with Gasteiger partial charge in [0.25, 0.3) is 0 Å². The van der Waals surface area contributed by atoms with E-state index >= 15 is 0 Å². The fraction of sp³-hybridized carbons (Fsp3) is 0.316. The summed E-state index contributed by atoms with van der Waals surface area (Å²) in [5, 5.41) is 0.380. The van der Waals surface area contributed by atoms with Crippen molar-refractivity contribution in [2.75, 3.05) is 6.61 Å². The second kappa shape index (κ2) is 8.40. The number of rotatable bonds is 7. The number of halogens is 3. The average molecular weight is 410 g/mol. The number of imidazole rings is 1. The Morgan fingerprint density at radius 3 is 2.71 bits per heavy atom. The first-order valence-corrected chi connectivity index (χ1v) is 9.94. The van der Waals surface area contributed by atoms with E-state index in [4.69, 9.17) is 4.74 Å². The van der Waals surface area contributed by atoms with Crippen LogP contribution in [0, 0.1) is 13.5 Å². The van der Waals surface area contributed by atoms with E-state index in [1.165, 1.54) is 12.3 Å². The standard InChI is InChI=1S/C19H19F3N3O2S/c1-3-10-25-16-7-5-4-6-14(16)24-18(25)28(26)11-15-13(2)17(8-9-23-15)27-12-19(20,21)22/h4-10H,3,11-12H2,1-2H3. The number of hydrogen-bond donors (Lipinski definition) is 0. The van der Waals surface area contributed by atoms with Gasteiger partial charge in [0.1, 0.15) is 5.75 Å². The number of hydrogen-bond acceptors (Lipinski definition) is 4. The van der Waals surface area contributed by atoms with Crippen LogP contribution in [-0.2, 0) is 16.9 Å². The molecule has 1 atom stereocenters. The molecule has 2 heterocycles. The van der Waals surface area contributed by atoms with Gasteiger partial charge >= 0.3 is 11.3 Å². The molecule has 28 heavy (non-hydrogen) atoms. The van der Waals surface area contributed by atoms with Gasteiger partial charge < -0.3 is 9.29 Å². The number of nitrogens with zero attached hydrogens (tertiary/aromatic N) is 3. The van der Waals surface area contributed by atoms with Crippen molar-refractivity contribution in [3.63, 3.8) is 0 Å². The van der Waals surface area contributed by atoms with Gasteiger partial charge in [0.2, 0.25) is 0 Å². The minimum Gasteiger partial charge on any atom is -0.609 e. The molecular weight excluding hydrogens is 391 g/mol. The van der Waals surface area contributed by atoms with Crippen LogP contribution in [-0.4, -0.2) is 31.9 Å². The maximum absolute atomic E-state index is 13.0. The first kappa shape index (κ1) is 20.5. The molecular formula is C19H19F3N3O2S. The second-order valence-electron chi connectivity index (χ2n) is 6.12. The summed E-state index contributed by atoms with van der Waals surface area (Å²) < 4.78 is 56.9. The van der Waals surface area contributed by atoms with Crippen LogP contribution in [0.1, 0.15) is 24.6 Å². The molecule has 3 rings (SSSR count). The molecule has 1 aromatic carbocycles. The van der Waals surface area contributed by atoms with Crippen molar-refractivity contribution in [3.05, 3.63) is 54.3 Å². The highest BCUT2D eigenvalue weighted by Gasteiger charge is 2.29. The fourth-order valence-corrected chi connectivity index (χ4v) is 4.01. The number of benzene rings is 1. The van der Waals surface area contributed by atoms with Crippen molar-refractivity contribution in [2.45, 2.75) is 37.4 Å². The highest BCUT2D eigenvalue weighted by molar-refractivity contribution is 7.90. The molecule has 0 fully saturated rings. The van der Waals surface area contributed by atoms with Gasteiger partial charge in [0.05, 0.1) is 23.3 Å². The Bertz CT molecular complexity index is 959. The monoisotopic (exact) mass is 410 g/mol. The first-order valence-electron chi connectivity index (χ1n) is 8.63. The summed E-state index contributed by atoms with van der Waals surface area (Å²) in [7, 11) is 0. The third-order valence-electron chi connectivity index (χ3n) is 4.05. The van der Waals surface area contributed by atoms with Gasteiger partial charge in [0, 0.05) is 22.9 Å². The van der Waals surface area contributed by atoms with Crippen molar-refractivity contribution in [3.8, 4) is 5.75 Å². The van der Waals surface area contributed by atoms with E-state index in [9.17, 15) is 17.7 Å². The minimum absolute atomic E-state index is 0.0237. The van der Waals surface area contributed by atoms with Crippen LogP contribution in [0.15, 0.2) is 41.7 Å². The molecule has 0 spiro atoms. The SMILES string of the molecule is CC[CH]n1c([S+]([O-])Cc2nccc(OCC(F)(F)F)c2C)nc2ccccc21. The smallest absolute Gasteiger partial charge is 0.422 e. The zero-order valence-electron chi connectivity index (χ0n) is 15.4. The third-order valence-corrected chi connectivity index (χ3v) is 5.28. The summed E-state index contributed by atoms with van der Waals surface area (Å²) in [5.74, 6) is 0.101. The quantitative estimate of drug-likeness (QED) is 0.542. The van der Waals surface area contributed by atoms with Gasteiger partial charge in [-0.2, -0.15) is 18.2 Å².